The number of carbonyl (C=O) groups excluding carboxylic acids is 1. The van der Waals surface area contributed by atoms with E-state index in [2.05, 4.69) is 25.1 Å². The molecule has 1 N–H and O–H groups in total. The van der Waals surface area contributed by atoms with E-state index in [0.29, 0.717) is 11.6 Å². The highest BCUT2D eigenvalue weighted by atomic mass is 19.4. The lowest BCUT2D eigenvalue weighted by Crippen LogP contribution is -2.37. The van der Waals surface area contributed by atoms with Gasteiger partial charge in [0, 0.05) is 63.0 Å². The lowest BCUT2D eigenvalue weighted by molar-refractivity contribution is -0.137. The largest absolute Gasteiger partial charge is 0.416 e. The Morgan fingerprint density at radius 1 is 0.921 bits per heavy atom. The average Bonchev–Trinajstić information content (AvgIpc) is 3.36. The predicted molar refractivity (Wildman–Crippen MR) is 140 cm³/mol. The molecule has 2 aliphatic rings. The molecule has 38 heavy (non-hydrogen) atoms. The van der Waals surface area contributed by atoms with Crippen LogP contribution in [0.4, 0.5) is 18.9 Å². The standard InChI is InChI=1S/C29H32F3N5O/c30-29(31,32)24-2-4-26(5-3-24)37-15-9-21(10-16-37)17-23-1-6-27(34-18-23)28(38)35-25-11-14-36(20-25)19-22-7-12-33-13-8-22/h1-8,12-13,18,21,25H,9-11,14-17,19-20H2,(H,35,38)/t25-/m0/s1. The Morgan fingerprint density at radius 3 is 2.32 bits per heavy atom. The first-order valence-electron chi connectivity index (χ1n) is 13.1. The molecule has 2 aliphatic heterocycles. The van der Waals surface area contributed by atoms with Crippen LogP contribution in [-0.4, -0.2) is 53.0 Å². The molecule has 0 spiro atoms. The van der Waals surface area contributed by atoms with Crippen LogP contribution in [0.25, 0.3) is 0 Å². The number of nitrogens with one attached hydrogen (secondary N) is 1. The summed E-state index contributed by atoms with van der Waals surface area (Å²) in [6.07, 6.45) is 4.79. The lowest BCUT2D eigenvalue weighted by Gasteiger charge is -2.33. The van der Waals surface area contributed by atoms with Crippen molar-refractivity contribution in [2.24, 2.45) is 5.92 Å². The molecule has 6 nitrogen and oxygen atoms in total. The summed E-state index contributed by atoms with van der Waals surface area (Å²) in [6, 6.07) is 13.3. The summed E-state index contributed by atoms with van der Waals surface area (Å²) >= 11 is 0. The van der Waals surface area contributed by atoms with Crippen molar-refractivity contribution in [3.8, 4) is 0 Å². The molecule has 0 bridgehead atoms. The fourth-order valence-corrected chi connectivity index (χ4v) is 5.37. The summed E-state index contributed by atoms with van der Waals surface area (Å²) in [5, 5.41) is 3.12. The highest BCUT2D eigenvalue weighted by Gasteiger charge is 2.30. The van der Waals surface area contributed by atoms with Gasteiger partial charge in [0.2, 0.25) is 0 Å². The van der Waals surface area contributed by atoms with E-state index in [1.807, 2.05) is 18.2 Å². The topological polar surface area (TPSA) is 61.4 Å². The van der Waals surface area contributed by atoms with E-state index >= 15 is 0 Å². The van der Waals surface area contributed by atoms with Gasteiger partial charge in [-0.25, -0.2) is 0 Å². The van der Waals surface area contributed by atoms with Gasteiger partial charge in [0.05, 0.1) is 5.56 Å². The first-order valence-corrected chi connectivity index (χ1v) is 13.1. The van der Waals surface area contributed by atoms with Gasteiger partial charge in [-0.3, -0.25) is 19.7 Å². The number of alkyl halides is 3. The number of likely N-dealkylation sites (tertiary alicyclic amines) is 1. The van der Waals surface area contributed by atoms with Crippen LogP contribution in [-0.2, 0) is 19.1 Å². The second-order valence-corrected chi connectivity index (χ2v) is 10.3. The fourth-order valence-electron chi connectivity index (χ4n) is 5.37. The van der Waals surface area contributed by atoms with E-state index in [0.717, 1.165) is 81.8 Å². The average molecular weight is 524 g/mol. The monoisotopic (exact) mass is 523 g/mol. The van der Waals surface area contributed by atoms with E-state index in [4.69, 9.17) is 0 Å². The van der Waals surface area contributed by atoms with Crippen molar-refractivity contribution in [2.75, 3.05) is 31.1 Å². The number of benzene rings is 1. The number of piperidine rings is 1. The molecule has 2 fully saturated rings. The van der Waals surface area contributed by atoms with Crippen LogP contribution < -0.4 is 10.2 Å². The molecule has 4 heterocycles. The van der Waals surface area contributed by atoms with Crippen LogP contribution in [0.5, 0.6) is 0 Å². The second kappa shape index (κ2) is 11.5. The molecule has 9 heteroatoms. The number of pyridine rings is 2. The van der Waals surface area contributed by atoms with Gasteiger partial charge in [0.15, 0.2) is 0 Å². The first-order chi connectivity index (χ1) is 18.3. The molecule has 1 atom stereocenters. The molecular formula is C29H32F3N5O. The minimum Gasteiger partial charge on any atom is -0.372 e. The Bertz CT molecular complexity index is 1190. The van der Waals surface area contributed by atoms with Gasteiger partial charge in [-0.2, -0.15) is 13.2 Å². The first kappa shape index (κ1) is 26.2. The SMILES string of the molecule is O=C(N[C@H]1CCN(Cc2ccncc2)C1)c1ccc(CC2CCN(c3ccc(C(F)(F)F)cc3)CC2)cn1. The van der Waals surface area contributed by atoms with Gasteiger partial charge in [-0.1, -0.05) is 6.07 Å². The van der Waals surface area contributed by atoms with Crippen molar-refractivity contribution in [3.63, 3.8) is 0 Å². The number of anilines is 1. The number of halogens is 3. The van der Waals surface area contributed by atoms with Gasteiger partial charge < -0.3 is 10.2 Å². The number of hydrogen-bond acceptors (Lipinski definition) is 5. The van der Waals surface area contributed by atoms with Crippen LogP contribution in [0.15, 0.2) is 67.1 Å². The van der Waals surface area contributed by atoms with Crippen molar-refractivity contribution in [1.29, 1.82) is 0 Å². The molecule has 0 unspecified atom stereocenters. The summed E-state index contributed by atoms with van der Waals surface area (Å²) in [5.74, 6) is 0.337. The number of rotatable bonds is 7. The lowest BCUT2D eigenvalue weighted by atomic mass is 9.90. The van der Waals surface area contributed by atoms with Crippen molar-refractivity contribution in [2.45, 2.75) is 44.4 Å². The third-order valence-corrected chi connectivity index (χ3v) is 7.52. The maximum Gasteiger partial charge on any atom is 0.416 e. The van der Waals surface area contributed by atoms with E-state index in [1.54, 1.807) is 36.8 Å². The third-order valence-electron chi connectivity index (χ3n) is 7.52. The number of hydrogen-bond donors (Lipinski definition) is 1. The summed E-state index contributed by atoms with van der Waals surface area (Å²) < 4.78 is 38.5. The van der Waals surface area contributed by atoms with Crippen LogP contribution in [0.3, 0.4) is 0 Å². The van der Waals surface area contributed by atoms with E-state index < -0.39 is 11.7 Å². The molecule has 1 aromatic carbocycles. The van der Waals surface area contributed by atoms with Crippen LogP contribution >= 0.6 is 0 Å². The Morgan fingerprint density at radius 2 is 1.66 bits per heavy atom. The van der Waals surface area contributed by atoms with Gasteiger partial charge in [0.1, 0.15) is 5.69 Å². The van der Waals surface area contributed by atoms with Crippen molar-refractivity contribution < 1.29 is 18.0 Å². The summed E-state index contributed by atoms with van der Waals surface area (Å²) in [7, 11) is 0. The number of aromatic nitrogens is 2. The Balaban J connectivity index is 1.06. The predicted octanol–water partition coefficient (Wildman–Crippen LogP) is 4.96. The highest BCUT2D eigenvalue weighted by molar-refractivity contribution is 5.92. The summed E-state index contributed by atoms with van der Waals surface area (Å²) in [4.78, 5) is 25.7. The molecule has 5 rings (SSSR count). The minimum atomic E-state index is -4.31. The molecule has 2 aromatic heterocycles. The van der Waals surface area contributed by atoms with Gasteiger partial charge >= 0.3 is 6.18 Å². The Kier molecular flexibility index (Phi) is 7.93. The van der Waals surface area contributed by atoms with E-state index in [1.165, 1.54) is 5.56 Å². The van der Waals surface area contributed by atoms with Crippen LogP contribution in [0.1, 0.15) is 46.4 Å². The van der Waals surface area contributed by atoms with Crippen molar-refractivity contribution in [1.82, 2.24) is 20.2 Å². The van der Waals surface area contributed by atoms with E-state index in [9.17, 15) is 18.0 Å². The normalized spacial score (nSPS) is 19.0. The zero-order valence-electron chi connectivity index (χ0n) is 21.2. The molecular weight excluding hydrogens is 491 g/mol. The van der Waals surface area contributed by atoms with Crippen molar-refractivity contribution in [3.05, 3.63) is 89.5 Å². The van der Waals surface area contributed by atoms with Crippen LogP contribution in [0.2, 0.25) is 0 Å². The third kappa shape index (κ3) is 6.69. The maximum atomic E-state index is 12.8. The quantitative estimate of drug-likeness (QED) is 0.475. The van der Waals surface area contributed by atoms with Crippen LogP contribution in [0, 0.1) is 5.92 Å². The van der Waals surface area contributed by atoms with Gasteiger partial charge in [-0.05, 0) is 85.2 Å². The molecule has 0 aliphatic carbocycles. The number of carbonyl (C=O) groups is 1. The summed E-state index contributed by atoms with van der Waals surface area (Å²) in [6.45, 7) is 4.23. The number of nitrogens with zero attached hydrogens (tertiary/aromatic N) is 4. The van der Waals surface area contributed by atoms with Crippen molar-refractivity contribution >= 4 is 11.6 Å². The Hall–Kier alpha value is -3.46. The molecule has 0 radical (unpaired) electrons. The van der Waals surface area contributed by atoms with Gasteiger partial charge in [-0.15, -0.1) is 0 Å². The Labute approximate surface area is 220 Å². The van der Waals surface area contributed by atoms with E-state index in [-0.39, 0.29) is 11.9 Å². The second-order valence-electron chi connectivity index (χ2n) is 10.3. The smallest absolute Gasteiger partial charge is 0.372 e. The number of amides is 1. The molecule has 0 saturated carbocycles. The molecule has 200 valence electrons. The highest BCUT2D eigenvalue weighted by Crippen LogP contribution is 2.32. The molecule has 2 saturated heterocycles. The minimum absolute atomic E-state index is 0.112. The molecule has 1 amide bonds. The summed E-state index contributed by atoms with van der Waals surface area (Å²) in [5.41, 5.74) is 2.95. The fraction of sp³-hybridized carbons (Fsp3) is 0.414. The maximum absolute atomic E-state index is 12.8. The van der Waals surface area contributed by atoms with Gasteiger partial charge in [0.25, 0.3) is 5.91 Å². The zero-order chi connectivity index (χ0) is 26.5. The zero-order valence-corrected chi connectivity index (χ0v) is 21.2. The molecule has 3 aromatic rings.